The summed E-state index contributed by atoms with van der Waals surface area (Å²) in [7, 11) is 0. The van der Waals surface area contributed by atoms with Gasteiger partial charge in [-0.05, 0) is 38.3 Å². The van der Waals surface area contributed by atoms with Crippen molar-refractivity contribution >= 4 is 39.8 Å². The van der Waals surface area contributed by atoms with Crippen molar-refractivity contribution in [3.8, 4) is 5.75 Å². The van der Waals surface area contributed by atoms with Gasteiger partial charge >= 0.3 is 0 Å². The molecule has 0 aliphatic heterocycles. The molecule has 2 heterocycles. The lowest BCUT2D eigenvalue weighted by Crippen LogP contribution is -2.07. The number of nitrogens with one attached hydrogen (secondary N) is 1. The van der Waals surface area contributed by atoms with Gasteiger partial charge in [0.25, 0.3) is 0 Å². The Hall–Kier alpha value is -2.51. The van der Waals surface area contributed by atoms with E-state index in [-0.39, 0.29) is 5.91 Å². The molecule has 0 spiro atoms. The van der Waals surface area contributed by atoms with Crippen LogP contribution in [0.4, 0.5) is 5.13 Å². The number of rotatable bonds is 6. The molecule has 0 atom stereocenters. The van der Waals surface area contributed by atoms with Crippen molar-refractivity contribution in [3.05, 3.63) is 62.6 Å². The molecule has 5 nitrogen and oxygen atoms in total. The van der Waals surface area contributed by atoms with Crippen molar-refractivity contribution in [3.63, 3.8) is 0 Å². The molecule has 27 heavy (non-hydrogen) atoms. The van der Waals surface area contributed by atoms with Gasteiger partial charge in [-0.2, -0.15) is 0 Å². The Morgan fingerprint density at radius 2 is 2.19 bits per heavy atom. The lowest BCUT2D eigenvalue weighted by molar-refractivity contribution is -0.111. The lowest BCUT2D eigenvalue weighted by atomic mass is 10.2. The summed E-state index contributed by atoms with van der Waals surface area (Å²) in [6.07, 6.45) is 6.53. The smallest absolute Gasteiger partial charge is 0.250 e. The molecular formula is C20H19N3O2S2. The maximum atomic E-state index is 12.2. The first-order valence-corrected chi connectivity index (χ1v) is 10.5. The summed E-state index contributed by atoms with van der Waals surface area (Å²) < 4.78 is 5.88. The number of para-hydroxylation sites is 1. The standard InChI is InChI=1S/C20H19N3O2S2/c1-13-21-15(12-26-13)11-25-17-7-3-2-5-14(17)9-10-19(24)23-20-22-16-6-4-8-18(16)27-20/h2-3,5,7,9-10,12H,4,6,8,11H2,1H3,(H,22,23,24)/b10-9-. The number of carbonyl (C=O) groups excluding carboxylic acids is 1. The molecule has 1 N–H and O–H groups in total. The molecule has 0 fully saturated rings. The number of aryl methyl sites for hydroxylation is 3. The number of hydrogen-bond acceptors (Lipinski definition) is 6. The van der Waals surface area contributed by atoms with E-state index in [1.54, 1.807) is 28.7 Å². The highest BCUT2D eigenvalue weighted by Crippen LogP contribution is 2.30. The number of hydrogen-bond donors (Lipinski definition) is 1. The third-order valence-electron chi connectivity index (χ3n) is 4.20. The molecule has 4 rings (SSSR count). The third kappa shape index (κ3) is 4.43. The first-order chi connectivity index (χ1) is 13.2. The van der Waals surface area contributed by atoms with Gasteiger partial charge in [0, 0.05) is 21.9 Å². The van der Waals surface area contributed by atoms with E-state index in [1.165, 1.54) is 17.4 Å². The molecule has 3 aromatic rings. The van der Waals surface area contributed by atoms with E-state index in [4.69, 9.17) is 4.74 Å². The Morgan fingerprint density at radius 1 is 1.30 bits per heavy atom. The molecule has 1 aliphatic rings. The molecular weight excluding hydrogens is 378 g/mol. The van der Waals surface area contributed by atoms with E-state index in [0.29, 0.717) is 11.7 Å². The van der Waals surface area contributed by atoms with Crippen LogP contribution in [0.1, 0.15) is 33.3 Å². The predicted molar refractivity (Wildman–Crippen MR) is 109 cm³/mol. The molecule has 138 valence electrons. The summed E-state index contributed by atoms with van der Waals surface area (Å²) in [5.74, 6) is 0.535. The van der Waals surface area contributed by atoms with Crippen LogP contribution >= 0.6 is 22.7 Å². The number of anilines is 1. The van der Waals surface area contributed by atoms with Crippen molar-refractivity contribution in [2.75, 3.05) is 5.32 Å². The van der Waals surface area contributed by atoms with Gasteiger partial charge in [-0.1, -0.05) is 18.2 Å². The van der Waals surface area contributed by atoms with Crippen molar-refractivity contribution < 1.29 is 9.53 Å². The van der Waals surface area contributed by atoms with Gasteiger partial charge in [-0.3, -0.25) is 10.1 Å². The van der Waals surface area contributed by atoms with Gasteiger partial charge in [-0.25, -0.2) is 9.97 Å². The monoisotopic (exact) mass is 397 g/mol. The quantitative estimate of drug-likeness (QED) is 0.616. The topological polar surface area (TPSA) is 64.1 Å². The highest BCUT2D eigenvalue weighted by Gasteiger charge is 2.17. The van der Waals surface area contributed by atoms with E-state index in [9.17, 15) is 4.79 Å². The van der Waals surface area contributed by atoms with Crippen LogP contribution in [0.2, 0.25) is 0 Å². The highest BCUT2D eigenvalue weighted by atomic mass is 32.1. The molecule has 2 aromatic heterocycles. The first-order valence-electron chi connectivity index (χ1n) is 8.78. The van der Waals surface area contributed by atoms with E-state index < -0.39 is 0 Å². The van der Waals surface area contributed by atoms with Gasteiger partial charge in [0.05, 0.1) is 16.4 Å². The molecule has 0 bridgehead atoms. The van der Waals surface area contributed by atoms with Gasteiger partial charge in [0.1, 0.15) is 12.4 Å². The summed E-state index contributed by atoms with van der Waals surface area (Å²) in [6.45, 7) is 2.38. The minimum Gasteiger partial charge on any atom is -0.487 e. The zero-order valence-corrected chi connectivity index (χ0v) is 16.5. The van der Waals surface area contributed by atoms with Gasteiger partial charge in [0.15, 0.2) is 5.13 Å². The molecule has 0 saturated heterocycles. The molecule has 0 radical (unpaired) electrons. The van der Waals surface area contributed by atoms with Crippen LogP contribution in [-0.4, -0.2) is 15.9 Å². The number of ether oxygens (including phenoxy) is 1. The van der Waals surface area contributed by atoms with Crippen molar-refractivity contribution in [1.82, 2.24) is 9.97 Å². The van der Waals surface area contributed by atoms with Crippen LogP contribution in [0.15, 0.2) is 35.7 Å². The van der Waals surface area contributed by atoms with E-state index in [1.807, 2.05) is 36.6 Å². The average Bonchev–Trinajstić information content (AvgIpc) is 3.35. The second-order valence-electron chi connectivity index (χ2n) is 6.25. The SMILES string of the molecule is Cc1nc(COc2ccccc2/C=C\C(=O)Nc2nc3c(s2)CCC3)cs1. The first kappa shape index (κ1) is 17.9. The van der Waals surface area contributed by atoms with E-state index in [0.717, 1.165) is 40.6 Å². The van der Waals surface area contributed by atoms with Crippen LogP contribution in [0.25, 0.3) is 6.08 Å². The highest BCUT2D eigenvalue weighted by molar-refractivity contribution is 7.16. The fraction of sp³-hybridized carbons (Fsp3) is 0.250. The molecule has 0 saturated carbocycles. The minimum atomic E-state index is -0.188. The fourth-order valence-electron chi connectivity index (χ4n) is 2.93. The molecule has 0 unspecified atom stereocenters. The fourth-order valence-corrected chi connectivity index (χ4v) is 4.58. The number of carbonyl (C=O) groups is 1. The summed E-state index contributed by atoms with van der Waals surface area (Å²) in [4.78, 5) is 22.4. The predicted octanol–water partition coefficient (Wildman–Crippen LogP) is 4.63. The van der Waals surface area contributed by atoms with Gasteiger partial charge < -0.3 is 4.74 Å². The second-order valence-corrected chi connectivity index (χ2v) is 8.40. The Morgan fingerprint density at radius 3 is 3.00 bits per heavy atom. The minimum absolute atomic E-state index is 0.188. The Kier molecular flexibility index (Phi) is 5.31. The number of nitrogens with zero attached hydrogens (tertiary/aromatic N) is 2. The van der Waals surface area contributed by atoms with Crippen molar-refractivity contribution in [2.45, 2.75) is 32.8 Å². The van der Waals surface area contributed by atoms with Gasteiger partial charge in [-0.15, -0.1) is 22.7 Å². The Balaban J connectivity index is 1.39. The Bertz CT molecular complexity index is 969. The van der Waals surface area contributed by atoms with E-state index in [2.05, 4.69) is 15.3 Å². The normalized spacial score (nSPS) is 13.1. The number of benzene rings is 1. The maximum absolute atomic E-state index is 12.2. The molecule has 1 amide bonds. The number of thiazole rings is 2. The second kappa shape index (κ2) is 8.02. The molecule has 1 aromatic carbocycles. The molecule has 1 aliphatic carbocycles. The molecule has 7 heteroatoms. The van der Waals surface area contributed by atoms with Crippen LogP contribution in [0.5, 0.6) is 5.75 Å². The summed E-state index contributed by atoms with van der Waals surface area (Å²) in [5.41, 5.74) is 2.89. The van der Waals surface area contributed by atoms with Crippen LogP contribution in [0.3, 0.4) is 0 Å². The maximum Gasteiger partial charge on any atom is 0.250 e. The van der Waals surface area contributed by atoms with Crippen LogP contribution in [0, 0.1) is 6.92 Å². The summed E-state index contributed by atoms with van der Waals surface area (Å²) >= 11 is 3.18. The van der Waals surface area contributed by atoms with Crippen LogP contribution in [-0.2, 0) is 24.2 Å². The zero-order chi connectivity index (χ0) is 18.6. The van der Waals surface area contributed by atoms with Crippen molar-refractivity contribution in [2.24, 2.45) is 0 Å². The average molecular weight is 398 g/mol. The third-order valence-corrected chi connectivity index (χ3v) is 6.10. The summed E-state index contributed by atoms with van der Waals surface area (Å²) in [5, 5.41) is 6.55. The van der Waals surface area contributed by atoms with Gasteiger partial charge in [0.2, 0.25) is 5.91 Å². The number of fused-ring (bicyclic) bond motifs is 1. The lowest BCUT2D eigenvalue weighted by Gasteiger charge is -2.07. The van der Waals surface area contributed by atoms with Crippen LogP contribution < -0.4 is 10.1 Å². The number of amides is 1. The largest absolute Gasteiger partial charge is 0.487 e. The zero-order valence-electron chi connectivity index (χ0n) is 14.9. The number of aromatic nitrogens is 2. The van der Waals surface area contributed by atoms with E-state index >= 15 is 0 Å². The Labute approximate surface area is 165 Å². The summed E-state index contributed by atoms with van der Waals surface area (Å²) in [6, 6.07) is 7.64. The van der Waals surface area contributed by atoms with Crippen molar-refractivity contribution in [1.29, 1.82) is 0 Å².